The minimum absolute atomic E-state index is 0.0613. The van der Waals surface area contributed by atoms with Gasteiger partial charge in [0.15, 0.2) is 0 Å². The first-order valence-electron chi connectivity index (χ1n) is 8.80. The second-order valence-electron chi connectivity index (χ2n) is 6.99. The van der Waals surface area contributed by atoms with Crippen LogP contribution in [0, 0.1) is 23.7 Å². The summed E-state index contributed by atoms with van der Waals surface area (Å²) < 4.78 is 5.94. The molecule has 1 aromatic heterocycles. The summed E-state index contributed by atoms with van der Waals surface area (Å²) in [5, 5.41) is 9.01. The lowest BCUT2D eigenvalue weighted by atomic mass is 9.60. The fourth-order valence-electron chi connectivity index (χ4n) is 4.51. The molecule has 1 aromatic rings. The molecule has 2 saturated carbocycles. The molecule has 128 valence electrons. The van der Waals surface area contributed by atoms with Crippen molar-refractivity contribution < 1.29 is 9.53 Å². The van der Waals surface area contributed by atoms with Gasteiger partial charge in [-0.25, -0.2) is 4.98 Å². The van der Waals surface area contributed by atoms with Gasteiger partial charge in [0.2, 0.25) is 0 Å². The van der Waals surface area contributed by atoms with Gasteiger partial charge in [0.1, 0.15) is 11.8 Å². The zero-order valence-electron chi connectivity index (χ0n) is 14.7. The fraction of sp³-hybridized carbons (Fsp3) is 0.632. The van der Waals surface area contributed by atoms with E-state index in [1.165, 1.54) is 12.8 Å². The first-order valence-corrected chi connectivity index (χ1v) is 8.80. The highest BCUT2D eigenvalue weighted by atomic mass is 16.5. The Balaban J connectivity index is 1.79. The molecule has 0 saturated heterocycles. The van der Waals surface area contributed by atoms with Crippen LogP contribution in [0.4, 0.5) is 0 Å². The van der Waals surface area contributed by atoms with Crippen LogP contribution in [0.5, 0.6) is 0 Å². The molecule has 5 heteroatoms. The minimum Gasteiger partial charge on any atom is -0.378 e. The Labute approximate surface area is 143 Å². The van der Waals surface area contributed by atoms with Gasteiger partial charge < -0.3 is 9.64 Å². The van der Waals surface area contributed by atoms with E-state index in [1.54, 1.807) is 19.1 Å². The van der Waals surface area contributed by atoms with Crippen molar-refractivity contribution in [2.24, 2.45) is 5.41 Å². The molecule has 5 nitrogen and oxygen atoms in total. The second-order valence-corrected chi connectivity index (χ2v) is 6.99. The van der Waals surface area contributed by atoms with Gasteiger partial charge in [-0.3, -0.25) is 4.79 Å². The molecule has 0 aliphatic heterocycles. The summed E-state index contributed by atoms with van der Waals surface area (Å²) in [6.07, 6.45) is 5.90. The molecule has 24 heavy (non-hydrogen) atoms. The van der Waals surface area contributed by atoms with Crippen LogP contribution in [-0.2, 0) is 4.74 Å². The van der Waals surface area contributed by atoms with Gasteiger partial charge in [0, 0.05) is 25.1 Å². The molecule has 1 amide bonds. The van der Waals surface area contributed by atoms with Gasteiger partial charge in [-0.05, 0) is 45.2 Å². The molecule has 2 unspecified atom stereocenters. The zero-order valence-corrected chi connectivity index (χ0v) is 14.7. The molecule has 1 spiro atoms. The lowest BCUT2D eigenvalue weighted by molar-refractivity contribution is -0.152. The van der Waals surface area contributed by atoms with Crippen molar-refractivity contribution in [2.75, 3.05) is 13.7 Å². The van der Waals surface area contributed by atoms with Crippen molar-refractivity contribution in [1.82, 2.24) is 9.88 Å². The monoisotopic (exact) mass is 327 g/mol. The van der Waals surface area contributed by atoms with E-state index in [0.717, 1.165) is 25.9 Å². The average Bonchev–Trinajstić information content (AvgIpc) is 3.09. The third-order valence-corrected chi connectivity index (χ3v) is 5.86. The van der Waals surface area contributed by atoms with E-state index >= 15 is 0 Å². The number of pyridine rings is 1. The number of hydrogen-bond acceptors (Lipinski definition) is 4. The third-order valence-electron chi connectivity index (χ3n) is 5.86. The fourth-order valence-corrected chi connectivity index (χ4v) is 4.51. The van der Waals surface area contributed by atoms with Crippen molar-refractivity contribution in [2.45, 2.75) is 58.1 Å². The highest BCUT2D eigenvalue weighted by Crippen LogP contribution is 2.56. The largest absolute Gasteiger partial charge is 0.378 e. The van der Waals surface area contributed by atoms with Gasteiger partial charge in [-0.1, -0.05) is 12.8 Å². The maximum Gasteiger partial charge on any atom is 0.272 e. The summed E-state index contributed by atoms with van der Waals surface area (Å²) in [5.74, 6) is -0.0613. The summed E-state index contributed by atoms with van der Waals surface area (Å²) in [7, 11) is 1.88. The molecule has 1 heterocycles. The van der Waals surface area contributed by atoms with Gasteiger partial charge in [-0.2, -0.15) is 5.26 Å². The molecule has 2 aliphatic carbocycles. The Morgan fingerprint density at radius 3 is 2.75 bits per heavy atom. The van der Waals surface area contributed by atoms with Crippen LogP contribution in [0.15, 0.2) is 12.1 Å². The van der Waals surface area contributed by atoms with Crippen molar-refractivity contribution in [3.05, 3.63) is 29.1 Å². The third kappa shape index (κ3) is 2.59. The molecule has 2 aliphatic rings. The summed E-state index contributed by atoms with van der Waals surface area (Å²) in [5.41, 5.74) is 1.67. The topological polar surface area (TPSA) is 66.2 Å². The molecule has 3 rings (SSSR count). The maximum atomic E-state index is 12.9. The van der Waals surface area contributed by atoms with Crippen molar-refractivity contribution in [1.29, 1.82) is 5.26 Å². The van der Waals surface area contributed by atoms with E-state index in [-0.39, 0.29) is 23.5 Å². The standard InChI is InChI=1S/C19H25N3O2/c1-4-24-17-11-16(19(17)9-5-6-10-19)22(3)18(23)15-8-7-14(12-20)13(2)21-15/h7-8,16-17H,4-6,9-11H2,1-3H3. The number of aromatic nitrogens is 1. The second kappa shape index (κ2) is 6.52. The Kier molecular flexibility index (Phi) is 4.60. The van der Waals surface area contributed by atoms with Gasteiger partial charge in [0.25, 0.3) is 5.91 Å². The Morgan fingerprint density at radius 2 is 2.17 bits per heavy atom. The number of rotatable bonds is 4. The van der Waals surface area contributed by atoms with Crippen LogP contribution in [0.2, 0.25) is 0 Å². The van der Waals surface area contributed by atoms with E-state index in [4.69, 9.17) is 10.00 Å². The van der Waals surface area contributed by atoms with Crippen LogP contribution in [-0.4, -0.2) is 41.6 Å². The molecule has 0 bridgehead atoms. The average molecular weight is 327 g/mol. The van der Waals surface area contributed by atoms with Crippen LogP contribution >= 0.6 is 0 Å². The lowest BCUT2D eigenvalue weighted by Crippen LogP contribution is -2.64. The molecule has 2 fully saturated rings. The number of carbonyl (C=O) groups excluding carboxylic acids is 1. The molecular weight excluding hydrogens is 302 g/mol. The van der Waals surface area contributed by atoms with Gasteiger partial charge in [-0.15, -0.1) is 0 Å². The quantitative estimate of drug-likeness (QED) is 0.852. The molecule has 0 aromatic carbocycles. The summed E-state index contributed by atoms with van der Waals surface area (Å²) in [6, 6.07) is 5.65. The molecular formula is C19H25N3O2. The summed E-state index contributed by atoms with van der Waals surface area (Å²) in [6.45, 7) is 4.53. The summed E-state index contributed by atoms with van der Waals surface area (Å²) in [4.78, 5) is 19.1. The first kappa shape index (κ1) is 16.9. The number of nitrogens with zero attached hydrogens (tertiary/aromatic N) is 3. The molecule has 0 N–H and O–H groups in total. The highest BCUT2D eigenvalue weighted by molar-refractivity contribution is 5.92. The lowest BCUT2D eigenvalue weighted by Gasteiger charge is -2.56. The predicted molar refractivity (Wildman–Crippen MR) is 90.5 cm³/mol. The first-order chi connectivity index (χ1) is 11.5. The van der Waals surface area contributed by atoms with Crippen LogP contribution in [0.25, 0.3) is 0 Å². The maximum absolute atomic E-state index is 12.9. The highest BCUT2D eigenvalue weighted by Gasteiger charge is 2.58. The number of carbonyl (C=O) groups is 1. The minimum atomic E-state index is -0.0613. The Bertz CT molecular complexity index is 674. The Hall–Kier alpha value is -1.93. The number of ether oxygens (including phenoxy) is 1. The van der Waals surface area contributed by atoms with E-state index in [2.05, 4.69) is 11.1 Å². The van der Waals surface area contributed by atoms with E-state index in [1.807, 2.05) is 18.9 Å². The van der Waals surface area contributed by atoms with Crippen molar-refractivity contribution in [3.63, 3.8) is 0 Å². The van der Waals surface area contributed by atoms with Crippen molar-refractivity contribution in [3.8, 4) is 6.07 Å². The Morgan fingerprint density at radius 1 is 1.46 bits per heavy atom. The number of hydrogen-bond donors (Lipinski definition) is 0. The molecule has 0 radical (unpaired) electrons. The van der Waals surface area contributed by atoms with Gasteiger partial charge in [0.05, 0.1) is 17.4 Å². The number of aryl methyl sites for hydroxylation is 1. The molecule has 2 atom stereocenters. The smallest absolute Gasteiger partial charge is 0.272 e. The summed E-state index contributed by atoms with van der Waals surface area (Å²) >= 11 is 0. The van der Waals surface area contributed by atoms with E-state index in [0.29, 0.717) is 17.0 Å². The van der Waals surface area contributed by atoms with E-state index in [9.17, 15) is 4.79 Å². The zero-order chi connectivity index (χ0) is 17.3. The van der Waals surface area contributed by atoms with Crippen LogP contribution in [0.3, 0.4) is 0 Å². The van der Waals surface area contributed by atoms with Crippen LogP contribution < -0.4 is 0 Å². The number of amides is 1. The van der Waals surface area contributed by atoms with E-state index < -0.39 is 0 Å². The van der Waals surface area contributed by atoms with Gasteiger partial charge >= 0.3 is 0 Å². The number of nitriles is 1. The normalized spacial score (nSPS) is 24.4. The van der Waals surface area contributed by atoms with Crippen LogP contribution in [0.1, 0.15) is 60.8 Å². The van der Waals surface area contributed by atoms with Crippen molar-refractivity contribution >= 4 is 5.91 Å². The SMILES string of the molecule is CCOC1CC(N(C)C(=O)c2ccc(C#N)c(C)n2)C12CCCC2. The predicted octanol–water partition coefficient (Wildman–Crippen LogP) is 3.07.